The Kier molecular flexibility index (Phi) is 2.91. The van der Waals surface area contributed by atoms with Gasteiger partial charge in [-0.05, 0) is 24.6 Å². The summed E-state index contributed by atoms with van der Waals surface area (Å²) in [5.74, 6) is -2.46. The Labute approximate surface area is 96.1 Å². The maximum absolute atomic E-state index is 13.7. The van der Waals surface area contributed by atoms with Crippen molar-refractivity contribution in [2.45, 2.75) is 6.92 Å². The average molecular weight is 234 g/mol. The highest BCUT2D eigenvalue weighted by molar-refractivity contribution is 6.09. The number of aromatic nitrogens is 2. The highest BCUT2D eigenvalue weighted by atomic mass is 19.1. The minimum absolute atomic E-state index is 0.100. The number of carbonyl (C=O) groups is 1. The van der Waals surface area contributed by atoms with Crippen molar-refractivity contribution in [2.75, 3.05) is 0 Å². The largest absolute Gasteiger partial charge is 0.288 e. The van der Waals surface area contributed by atoms with E-state index in [4.69, 9.17) is 0 Å². The van der Waals surface area contributed by atoms with Crippen LogP contribution in [-0.4, -0.2) is 16.0 Å². The molecule has 0 fully saturated rings. The SMILES string of the molecule is Cc1ccc(F)c(C(=O)c2ccnnc2)c1F. The zero-order chi connectivity index (χ0) is 12.4. The van der Waals surface area contributed by atoms with Gasteiger partial charge >= 0.3 is 0 Å². The third kappa shape index (κ3) is 2.04. The summed E-state index contributed by atoms with van der Waals surface area (Å²) in [6, 6.07) is 3.71. The van der Waals surface area contributed by atoms with Gasteiger partial charge in [0.05, 0.1) is 18.0 Å². The Balaban J connectivity index is 2.56. The molecule has 0 aliphatic rings. The monoisotopic (exact) mass is 234 g/mol. The lowest BCUT2D eigenvalue weighted by atomic mass is 10.0. The highest BCUT2D eigenvalue weighted by Gasteiger charge is 2.20. The number of carbonyl (C=O) groups excluding carboxylic acids is 1. The summed E-state index contributed by atoms with van der Waals surface area (Å²) in [7, 11) is 0. The van der Waals surface area contributed by atoms with Crippen LogP contribution in [0.5, 0.6) is 0 Å². The summed E-state index contributed by atoms with van der Waals surface area (Å²) in [6.45, 7) is 1.47. The summed E-state index contributed by atoms with van der Waals surface area (Å²) in [6.07, 6.45) is 2.46. The molecule has 0 amide bonds. The smallest absolute Gasteiger partial charge is 0.200 e. The van der Waals surface area contributed by atoms with Crippen LogP contribution in [0.2, 0.25) is 0 Å². The van der Waals surface area contributed by atoms with Crippen molar-refractivity contribution in [1.29, 1.82) is 0 Å². The van der Waals surface area contributed by atoms with Gasteiger partial charge in [-0.15, -0.1) is 0 Å². The van der Waals surface area contributed by atoms with Crippen LogP contribution in [0.4, 0.5) is 8.78 Å². The van der Waals surface area contributed by atoms with Crippen LogP contribution in [0.15, 0.2) is 30.6 Å². The Morgan fingerprint density at radius 3 is 2.59 bits per heavy atom. The Morgan fingerprint density at radius 1 is 1.18 bits per heavy atom. The Morgan fingerprint density at radius 2 is 1.94 bits per heavy atom. The molecule has 2 rings (SSSR count). The van der Waals surface area contributed by atoms with Gasteiger partial charge in [0, 0.05) is 5.56 Å². The third-order valence-electron chi connectivity index (χ3n) is 2.36. The van der Waals surface area contributed by atoms with Crippen LogP contribution >= 0.6 is 0 Å². The molecule has 0 radical (unpaired) electrons. The maximum Gasteiger partial charge on any atom is 0.200 e. The van der Waals surface area contributed by atoms with E-state index in [0.717, 1.165) is 6.07 Å². The number of rotatable bonds is 2. The predicted molar refractivity (Wildman–Crippen MR) is 56.6 cm³/mol. The molecule has 0 atom stereocenters. The van der Waals surface area contributed by atoms with E-state index in [-0.39, 0.29) is 11.1 Å². The van der Waals surface area contributed by atoms with Crippen LogP contribution in [0.3, 0.4) is 0 Å². The van der Waals surface area contributed by atoms with Crippen molar-refractivity contribution in [1.82, 2.24) is 10.2 Å². The van der Waals surface area contributed by atoms with E-state index in [9.17, 15) is 13.6 Å². The van der Waals surface area contributed by atoms with Gasteiger partial charge in [0.1, 0.15) is 11.6 Å². The number of aryl methyl sites for hydroxylation is 1. The number of nitrogens with zero attached hydrogens (tertiary/aromatic N) is 2. The number of halogens is 2. The minimum Gasteiger partial charge on any atom is -0.288 e. The second-order valence-corrected chi connectivity index (χ2v) is 3.51. The number of ketones is 1. The van der Waals surface area contributed by atoms with E-state index in [1.165, 1.54) is 31.5 Å². The fourth-order valence-electron chi connectivity index (χ4n) is 1.43. The lowest BCUT2D eigenvalue weighted by Gasteiger charge is -2.05. The van der Waals surface area contributed by atoms with Crippen LogP contribution in [0.25, 0.3) is 0 Å². The molecular weight excluding hydrogens is 226 g/mol. The average Bonchev–Trinajstić information content (AvgIpc) is 2.35. The van der Waals surface area contributed by atoms with Crippen molar-refractivity contribution in [2.24, 2.45) is 0 Å². The molecular formula is C12H8F2N2O. The summed E-state index contributed by atoms with van der Waals surface area (Å²) >= 11 is 0. The van der Waals surface area contributed by atoms with Crippen molar-refractivity contribution in [3.8, 4) is 0 Å². The van der Waals surface area contributed by atoms with Gasteiger partial charge in [-0.1, -0.05) is 6.07 Å². The number of hydrogen-bond donors (Lipinski definition) is 0. The molecule has 0 bridgehead atoms. The summed E-state index contributed by atoms with van der Waals surface area (Å²) < 4.78 is 27.2. The third-order valence-corrected chi connectivity index (χ3v) is 2.36. The maximum atomic E-state index is 13.7. The molecule has 1 aromatic heterocycles. The summed E-state index contributed by atoms with van der Waals surface area (Å²) in [4.78, 5) is 11.9. The summed E-state index contributed by atoms with van der Waals surface area (Å²) in [5, 5.41) is 6.99. The van der Waals surface area contributed by atoms with E-state index >= 15 is 0 Å². The van der Waals surface area contributed by atoms with Crippen LogP contribution in [0, 0.1) is 18.6 Å². The number of hydrogen-bond acceptors (Lipinski definition) is 3. The van der Waals surface area contributed by atoms with Crippen LogP contribution in [0.1, 0.15) is 21.5 Å². The molecule has 5 heteroatoms. The van der Waals surface area contributed by atoms with Gasteiger partial charge in [-0.25, -0.2) is 8.78 Å². The minimum atomic E-state index is -0.880. The predicted octanol–water partition coefficient (Wildman–Crippen LogP) is 2.29. The topological polar surface area (TPSA) is 42.9 Å². The van der Waals surface area contributed by atoms with Crippen molar-refractivity contribution in [3.63, 3.8) is 0 Å². The van der Waals surface area contributed by atoms with Gasteiger partial charge in [-0.3, -0.25) is 4.79 Å². The molecule has 0 N–H and O–H groups in total. The molecule has 0 saturated carbocycles. The molecule has 0 unspecified atom stereocenters. The Hall–Kier alpha value is -2.17. The van der Waals surface area contributed by atoms with Crippen molar-refractivity contribution >= 4 is 5.78 Å². The van der Waals surface area contributed by atoms with E-state index < -0.39 is 23.0 Å². The molecule has 0 spiro atoms. The molecule has 86 valence electrons. The van der Waals surface area contributed by atoms with Gasteiger partial charge in [0.15, 0.2) is 0 Å². The standard InChI is InChI=1S/C12H8F2N2O/c1-7-2-3-9(13)10(11(7)14)12(17)8-4-5-15-16-6-8/h2-6H,1H3. The fraction of sp³-hybridized carbons (Fsp3) is 0.0833. The number of benzene rings is 1. The van der Waals surface area contributed by atoms with Crippen LogP contribution < -0.4 is 0 Å². The zero-order valence-electron chi connectivity index (χ0n) is 8.95. The van der Waals surface area contributed by atoms with Gasteiger partial charge < -0.3 is 0 Å². The van der Waals surface area contributed by atoms with Gasteiger partial charge in [-0.2, -0.15) is 10.2 Å². The second kappa shape index (κ2) is 4.37. The molecule has 0 aliphatic carbocycles. The lowest BCUT2D eigenvalue weighted by molar-refractivity contribution is 0.103. The molecule has 17 heavy (non-hydrogen) atoms. The second-order valence-electron chi connectivity index (χ2n) is 3.51. The first-order valence-electron chi connectivity index (χ1n) is 4.87. The van der Waals surface area contributed by atoms with E-state index in [1.54, 1.807) is 0 Å². The molecule has 0 aliphatic heterocycles. The molecule has 1 heterocycles. The van der Waals surface area contributed by atoms with Gasteiger partial charge in [0.25, 0.3) is 0 Å². The van der Waals surface area contributed by atoms with Gasteiger partial charge in [0.2, 0.25) is 5.78 Å². The zero-order valence-corrected chi connectivity index (χ0v) is 8.95. The molecule has 3 nitrogen and oxygen atoms in total. The lowest BCUT2D eigenvalue weighted by Crippen LogP contribution is -2.09. The van der Waals surface area contributed by atoms with E-state index in [1.807, 2.05) is 0 Å². The molecule has 2 aromatic rings. The van der Waals surface area contributed by atoms with E-state index in [2.05, 4.69) is 10.2 Å². The van der Waals surface area contributed by atoms with Crippen molar-refractivity contribution in [3.05, 3.63) is 58.9 Å². The normalized spacial score (nSPS) is 10.3. The highest BCUT2D eigenvalue weighted by Crippen LogP contribution is 2.19. The fourth-order valence-corrected chi connectivity index (χ4v) is 1.43. The van der Waals surface area contributed by atoms with Crippen LogP contribution in [-0.2, 0) is 0 Å². The quantitative estimate of drug-likeness (QED) is 0.749. The molecule has 0 saturated heterocycles. The molecule has 1 aromatic carbocycles. The first-order chi connectivity index (χ1) is 8.11. The summed E-state index contributed by atoms with van der Waals surface area (Å²) in [5.41, 5.74) is -0.238. The van der Waals surface area contributed by atoms with Crippen molar-refractivity contribution < 1.29 is 13.6 Å². The first kappa shape index (κ1) is 11.3. The Bertz CT molecular complexity index is 570. The van der Waals surface area contributed by atoms with E-state index in [0.29, 0.717) is 0 Å². The first-order valence-corrected chi connectivity index (χ1v) is 4.87.